The van der Waals surface area contributed by atoms with E-state index in [1.807, 2.05) is 32.0 Å². The molecule has 0 aromatic heterocycles. The van der Waals surface area contributed by atoms with Crippen LogP contribution in [0.3, 0.4) is 0 Å². The van der Waals surface area contributed by atoms with Gasteiger partial charge in [0, 0.05) is 19.4 Å². The highest BCUT2D eigenvalue weighted by atomic mass is 31.1. The minimum Gasteiger partial charge on any atom is -0.301 e. The van der Waals surface area contributed by atoms with Gasteiger partial charge >= 0.3 is 0 Å². The first-order valence-corrected chi connectivity index (χ1v) is 8.06. The zero-order valence-electron chi connectivity index (χ0n) is 11.6. The molecular weight excluding hydrogens is 257 g/mol. The van der Waals surface area contributed by atoms with Gasteiger partial charge in [0.15, 0.2) is 11.6 Å². The second-order valence-electron chi connectivity index (χ2n) is 4.11. The van der Waals surface area contributed by atoms with Crippen LogP contribution < -0.4 is 10.6 Å². The van der Waals surface area contributed by atoms with Crippen molar-refractivity contribution < 1.29 is 9.59 Å². The summed E-state index contributed by atoms with van der Waals surface area (Å²) in [5, 5.41) is 4.38. The third kappa shape index (κ3) is 5.22. The lowest BCUT2D eigenvalue weighted by Crippen LogP contribution is -2.39. The van der Waals surface area contributed by atoms with Gasteiger partial charge in [-0.2, -0.15) is 0 Å². The number of benzene rings is 1. The van der Waals surface area contributed by atoms with E-state index in [1.165, 1.54) is 5.30 Å². The van der Waals surface area contributed by atoms with Crippen molar-refractivity contribution in [3.05, 3.63) is 30.3 Å². The SMILES string of the molecule is CC.O=C1CCC(=O)C1NCCPc1ccccc1. The lowest BCUT2D eigenvalue weighted by atomic mass is 10.2. The molecule has 0 radical (unpaired) electrons. The fourth-order valence-corrected chi connectivity index (χ4v) is 2.91. The maximum atomic E-state index is 11.4. The zero-order valence-corrected chi connectivity index (χ0v) is 12.6. The summed E-state index contributed by atoms with van der Waals surface area (Å²) in [5.41, 5.74) is 0. The molecule has 1 atom stereocenters. The molecule has 1 aliphatic rings. The lowest BCUT2D eigenvalue weighted by molar-refractivity contribution is -0.124. The number of rotatable bonds is 5. The third-order valence-electron chi connectivity index (χ3n) is 2.84. The Bertz CT molecular complexity index is 390. The molecule has 2 rings (SSSR count). The highest BCUT2D eigenvalue weighted by Gasteiger charge is 2.31. The quantitative estimate of drug-likeness (QED) is 0.509. The second kappa shape index (κ2) is 8.95. The smallest absolute Gasteiger partial charge is 0.157 e. The predicted molar refractivity (Wildman–Crippen MR) is 81.6 cm³/mol. The van der Waals surface area contributed by atoms with E-state index >= 15 is 0 Å². The van der Waals surface area contributed by atoms with Gasteiger partial charge in [0.05, 0.1) is 0 Å². The molecule has 1 aliphatic carbocycles. The molecule has 3 nitrogen and oxygen atoms in total. The maximum Gasteiger partial charge on any atom is 0.157 e. The molecule has 0 heterocycles. The first-order chi connectivity index (χ1) is 9.27. The van der Waals surface area contributed by atoms with E-state index in [0.717, 1.165) is 21.3 Å². The molecule has 0 spiro atoms. The average molecular weight is 279 g/mol. The van der Waals surface area contributed by atoms with Gasteiger partial charge < -0.3 is 5.32 Å². The van der Waals surface area contributed by atoms with Gasteiger partial charge in [-0.1, -0.05) is 52.8 Å². The van der Waals surface area contributed by atoms with Crippen molar-refractivity contribution in [2.75, 3.05) is 12.7 Å². The minimum absolute atomic E-state index is 0.0537. The largest absolute Gasteiger partial charge is 0.301 e. The normalized spacial score (nSPS) is 15.9. The minimum atomic E-state index is -0.518. The highest BCUT2D eigenvalue weighted by molar-refractivity contribution is 7.47. The van der Waals surface area contributed by atoms with Crippen LogP contribution in [0.1, 0.15) is 26.7 Å². The van der Waals surface area contributed by atoms with E-state index < -0.39 is 6.04 Å². The first-order valence-electron chi connectivity index (χ1n) is 6.85. The van der Waals surface area contributed by atoms with Gasteiger partial charge in [0.2, 0.25) is 0 Å². The van der Waals surface area contributed by atoms with Crippen molar-refractivity contribution in [1.29, 1.82) is 0 Å². The first kappa shape index (κ1) is 16.0. The van der Waals surface area contributed by atoms with Gasteiger partial charge in [-0.05, 0) is 11.5 Å². The van der Waals surface area contributed by atoms with Gasteiger partial charge in [0.25, 0.3) is 0 Å². The van der Waals surface area contributed by atoms with E-state index in [4.69, 9.17) is 0 Å². The summed E-state index contributed by atoms with van der Waals surface area (Å²) in [6, 6.07) is 9.74. The topological polar surface area (TPSA) is 46.2 Å². The van der Waals surface area contributed by atoms with E-state index in [0.29, 0.717) is 12.8 Å². The summed E-state index contributed by atoms with van der Waals surface area (Å²) < 4.78 is 0. The Morgan fingerprint density at radius 1 is 1.11 bits per heavy atom. The van der Waals surface area contributed by atoms with Crippen LogP contribution in [0, 0.1) is 0 Å². The van der Waals surface area contributed by atoms with Crippen LogP contribution in [0.25, 0.3) is 0 Å². The summed E-state index contributed by atoms with van der Waals surface area (Å²) in [5.74, 6) is 0.107. The van der Waals surface area contributed by atoms with Crippen LogP contribution in [-0.2, 0) is 9.59 Å². The molecule has 19 heavy (non-hydrogen) atoms. The number of nitrogens with one attached hydrogen (secondary N) is 1. The maximum absolute atomic E-state index is 11.4. The second-order valence-corrected chi connectivity index (χ2v) is 5.54. The molecule has 0 amide bonds. The summed E-state index contributed by atoms with van der Waals surface area (Å²) in [7, 11) is 0.726. The third-order valence-corrected chi connectivity index (χ3v) is 4.08. The monoisotopic (exact) mass is 279 g/mol. The van der Waals surface area contributed by atoms with Crippen molar-refractivity contribution >= 4 is 25.5 Å². The fraction of sp³-hybridized carbons (Fsp3) is 0.467. The van der Waals surface area contributed by atoms with Crippen LogP contribution in [0.5, 0.6) is 0 Å². The number of carbonyl (C=O) groups excluding carboxylic acids is 2. The molecule has 1 aromatic rings. The summed E-state index contributed by atoms with van der Waals surface area (Å²) >= 11 is 0. The average Bonchev–Trinajstić information content (AvgIpc) is 2.78. The molecule has 1 fully saturated rings. The predicted octanol–water partition coefficient (Wildman–Crippen LogP) is 1.91. The number of carbonyl (C=O) groups is 2. The molecule has 1 saturated carbocycles. The summed E-state index contributed by atoms with van der Waals surface area (Å²) in [4.78, 5) is 22.7. The molecule has 0 bridgehead atoms. The van der Waals surface area contributed by atoms with Crippen LogP contribution in [0.2, 0.25) is 0 Å². The van der Waals surface area contributed by atoms with E-state index in [1.54, 1.807) is 0 Å². The van der Waals surface area contributed by atoms with Crippen LogP contribution in [-0.4, -0.2) is 30.3 Å². The molecule has 1 unspecified atom stereocenters. The summed E-state index contributed by atoms with van der Waals surface area (Å²) in [6.07, 6.45) is 1.80. The van der Waals surface area contributed by atoms with Gasteiger partial charge in [-0.25, -0.2) is 0 Å². The van der Waals surface area contributed by atoms with Crippen molar-refractivity contribution in [2.45, 2.75) is 32.7 Å². The number of ketones is 2. The molecular formula is C15H22NO2P. The van der Waals surface area contributed by atoms with Gasteiger partial charge in [-0.15, -0.1) is 0 Å². The Labute approximate surface area is 117 Å². The van der Waals surface area contributed by atoms with Crippen molar-refractivity contribution in [3.63, 3.8) is 0 Å². The Morgan fingerprint density at radius 2 is 1.68 bits per heavy atom. The van der Waals surface area contributed by atoms with Gasteiger partial charge in [-0.3, -0.25) is 9.59 Å². The highest BCUT2D eigenvalue weighted by Crippen LogP contribution is 2.12. The van der Waals surface area contributed by atoms with E-state index in [-0.39, 0.29) is 11.6 Å². The van der Waals surface area contributed by atoms with E-state index in [9.17, 15) is 9.59 Å². The van der Waals surface area contributed by atoms with Crippen molar-refractivity contribution in [1.82, 2.24) is 5.32 Å². The van der Waals surface area contributed by atoms with Crippen LogP contribution in [0.4, 0.5) is 0 Å². The molecule has 0 saturated heterocycles. The standard InChI is InChI=1S/C13H16NO2P.C2H6/c15-11-6-7-12(16)13(11)14-8-9-17-10-4-2-1-3-5-10;1-2/h1-5,13-14,17H,6-9H2;1-2H3. The Hall–Kier alpha value is -1.05. The van der Waals surface area contributed by atoms with Crippen molar-refractivity contribution in [2.24, 2.45) is 0 Å². The van der Waals surface area contributed by atoms with Crippen molar-refractivity contribution in [3.8, 4) is 0 Å². The number of Topliss-reactive ketones (excluding diaryl/α,β-unsaturated/α-hetero) is 2. The molecule has 0 aliphatic heterocycles. The van der Waals surface area contributed by atoms with Crippen LogP contribution in [0.15, 0.2) is 30.3 Å². The van der Waals surface area contributed by atoms with E-state index in [2.05, 4.69) is 17.4 Å². The molecule has 1 N–H and O–H groups in total. The summed E-state index contributed by atoms with van der Waals surface area (Å²) in [6.45, 7) is 4.73. The van der Waals surface area contributed by atoms with Gasteiger partial charge in [0.1, 0.15) is 6.04 Å². The number of hydrogen-bond donors (Lipinski definition) is 1. The van der Waals surface area contributed by atoms with Crippen LogP contribution >= 0.6 is 8.58 Å². The zero-order chi connectivity index (χ0) is 14.1. The number of hydrogen-bond acceptors (Lipinski definition) is 3. The fourth-order valence-electron chi connectivity index (χ4n) is 1.92. The molecule has 104 valence electrons. The Morgan fingerprint density at radius 3 is 2.26 bits per heavy atom. The Kier molecular flexibility index (Phi) is 7.54. The molecule has 4 heteroatoms. The molecule has 1 aromatic carbocycles. The lowest BCUT2D eigenvalue weighted by Gasteiger charge is -2.09. The Balaban J connectivity index is 0.000000861.